The first-order chi connectivity index (χ1) is 9.50. The van der Waals surface area contributed by atoms with Crippen molar-refractivity contribution in [2.75, 3.05) is 0 Å². The molecule has 0 saturated heterocycles. The van der Waals surface area contributed by atoms with Crippen molar-refractivity contribution in [3.63, 3.8) is 0 Å². The molecule has 0 amide bonds. The number of rotatable bonds is 1. The van der Waals surface area contributed by atoms with Gasteiger partial charge < -0.3 is 0 Å². The third kappa shape index (κ3) is 3.72. The second-order valence-electron chi connectivity index (χ2n) is 3.70. The summed E-state index contributed by atoms with van der Waals surface area (Å²) in [6.07, 6.45) is -10.2. The molecule has 0 bridgehead atoms. The molecule has 0 atom stereocenters. The smallest absolute Gasteiger partial charge is 0.206 e. The Morgan fingerprint density at radius 3 is 1.86 bits per heavy atom. The fourth-order valence-electron chi connectivity index (χ4n) is 1.40. The number of allylic oxidation sites excluding steroid dienone is 1. The van der Waals surface area contributed by atoms with Crippen molar-refractivity contribution >= 4 is 6.08 Å². The lowest BCUT2D eigenvalue weighted by Crippen LogP contribution is -2.14. The minimum absolute atomic E-state index is 0.132. The average molecular weight is 308 g/mol. The van der Waals surface area contributed by atoms with Crippen LogP contribution >= 0.6 is 0 Å². The van der Waals surface area contributed by atoms with Gasteiger partial charge in [-0.05, 0) is 18.2 Å². The number of hydrogen-bond acceptors (Lipinski definition) is 2. The van der Waals surface area contributed by atoms with Crippen LogP contribution in [0.2, 0.25) is 0 Å². The second-order valence-corrected chi connectivity index (χ2v) is 3.70. The van der Waals surface area contributed by atoms with Crippen molar-refractivity contribution in [3.8, 4) is 12.1 Å². The number of nitriles is 2. The van der Waals surface area contributed by atoms with E-state index in [4.69, 9.17) is 10.5 Å². The van der Waals surface area contributed by atoms with Crippen LogP contribution in [0.4, 0.5) is 30.7 Å². The minimum Gasteiger partial charge on any atom is -0.206 e. The number of alkyl halides is 6. The quantitative estimate of drug-likeness (QED) is 0.574. The van der Waals surface area contributed by atoms with E-state index in [0.29, 0.717) is 0 Å². The Morgan fingerprint density at radius 1 is 0.952 bits per heavy atom. The van der Waals surface area contributed by atoms with Crippen molar-refractivity contribution in [1.29, 1.82) is 10.5 Å². The monoisotopic (exact) mass is 308 g/mol. The van der Waals surface area contributed by atoms with E-state index in [2.05, 4.69) is 0 Å². The van der Waals surface area contributed by atoms with Crippen LogP contribution in [0.1, 0.15) is 16.7 Å². The molecule has 0 spiro atoms. The summed E-state index contributed by atoms with van der Waals surface area (Å²) in [5.41, 5.74) is -5.91. The lowest BCUT2D eigenvalue weighted by atomic mass is 10.0. The SMILES string of the molecule is N#CC(C#N)=Cc1c(F)cc(C(F)(F)F)cc1C(F)(F)F. The third-order valence-corrected chi connectivity index (χ3v) is 2.29. The van der Waals surface area contributed by atoms with Gasteiger partial charge in [0, 0.05) is 5.56 Å². The Kier molecular flexibility index (Phi) is 4.28. The number of hydrogen-bond donors (Lipinski definition) is 0. The van der Waals surface area contributed by atoms with Gasteiger partial charge in [-0.3, -0.25) is 0 Å². The molecule has 0 saturated carbocycles. The Morgan fingerprint density at radius 2 is 1.48 bits per heavy atom. The summed E-state index contributed by atoms with van der Waals surface area (Å²) < 4.78 is 88.9. The van der Waals surface area contributed by atoms with Crippen LogP contribution < -0.4 is 0 Å². The van der Waals surface area contributed by atoms with Gasteiger partial charge in [-0.1, -0.05) is 0 Å². The molecular weight excluding hydrogens is 305 g/mol. The van der Waals surface area contributed by atoms with Gasteiger partial charge in [-0.25, -0.2) is 4.39 Å². The molecule has 1 aromatic rings. The second kappa shape index (κ2) is 5.44. The Hall–Kier alpha value is -2.55. The fourth-order valence-corrected chi connectivity index (χ4v) is 1.40. The Labute approximate surface area is 113 Å². The van der Waals surface area contributed by atoms with Crippen LogP contribution in [0.3, 0.4) is 0 Å². The van der Waals surface area contributed by atoms with Gasteiger partial charge in [0.1, 0.15) is 23.5 Å². The molecule has 1 rings (SSSR count). The minimum atomic E-state index is -5.29. The van der Waals surface area contributed by atoms with E-state index in [1.54, 1.807) is 0 Å². The van der Waals surface area contributed by atoms with Gasteiger partial charge in [0.2, 0.25) is 0 Å². The van der Waals surface area contributed by atoms with Crippen LogP contribution in [0.15, 0.2) is 17.7 Å². The lowest BCUT2D eigenvalue weighted by molar-refractivity contribution is -0.143. The summed E-state index contributed by atoms with van der Waals surface area (Å²) in [6, 6.07) is 1.98. The zero-order valence-electron chi connectivity index (χ0n) is 9.77. The van der Waals surface area contributed by atoms with Crippen molar-refractivity contribution in [3.05, 3.63) is 40.2 Å². The van der Waals surface area contributed by atoms with Crippen molar-refractivity contribution in [2.45, 2.75) is 12.4 Å². The highest BCUT2D eigenvalue weighted by Crippen LogP contribution is 2.39. The van der Waals surface area contributed by atoms with Gasteiger partial charge in [0.15, 0.2) is 0 Å². The average Bonchev–Trinajstić information content (AvgIpc) is 2.34. The number of nitrogens with zero attached hydrogens (tertiary/aromatic N) is 2. The molecule has 0 unspecified atom stereocenters. The molecule has 0 aliphatic heterocycles. The highest BCUT2D eigenvalue weighted by Gasteiger charge is 2.39. The first-order valence-electron chi connectivity index (χ1n) is 5.00. The van der Waals surface area contributed by atoms with E-state index >= 15 is 0 Å². The van der Waals surface area contributed by atoms with Crippen LogP contribution in [0.25, 0.3) is 6.08 Å². The predicted molar refractivity (Wildman–Crippen MR) is 55.6 cm³/mol. The number of halogens is 7. The van der Waals surface area contributed by atoms with E-state index in [-0.39, 0.29) is 18.2 Å². The maximum absolute atomic E-state index is 13.5. The summed E-state index contributed by atoms with van der Waals surface area (Å²) in [6.45, 7) is 0. The zero-order valence-corrected chi connectivity index (χ0v) is 9.77. The van der Waals surface area contributed by atoms with E-state index in [1.165, 1.54) is 12.1 Å². The first kappa shape index (κ1) is 16.5. The first-order valence-corrected chi connectivity index (χ1v) is 5.00. The molecule has 1 aromatic carbocycles. The van der Waals surface area contributed by atoms with Crippen LogP contribution in [-0.4, -0.2) is 0 Å². The molecule has 0 N–H and O–H groups in total. The van der Waals surface area contributed by atoms with Gasteiger partial charge in [0.25, 0.3) is 0 Å². The van der Waals surface area contributed by atoms with Crippen LogP contribution in [-0.2, 0) is 12.4 Å². The predicted octanol–water partition coefficient (Wildman–Crippen LogP) is 4.29. The highest BCUT2D eigenvalue weighted by atomic mass is 19.4. The zero-order chi connectivity index (χ0) is 16.4. The van der Waals surface area contributed by atoms with Gasteiger partial charge in [-0.2, -0.15) is 36.9 Å². The standard InChI is InChI=1S/C12H3F7N2/c13-10-3-7(11(14,15)16)2-9(12(17,18)19)8(10)1-6(4-20)5-21/h1-3H. The topological polar surface area (TPSA) is 47.6 Å². The third-order valence-electron chi connectivity index (χ3n) is 2.29. The fraction of sp³-hybridized carbons (Fsp3) is 0.167. The molecule has 0 fully saturated rings. The van der Waals surface area contributed by atoms with Gasteiger partial charge >= 0.3 is 12.4 Å². The molecule has 21 heavy (non-hydrogen) atoms. The van der Waals surface area contributed by atoms with Crippen LogP contribution in [0, 0.1) is 28.5 Å². The molecule has 0 aliphatic rings. The molecule has 0 aliphatic carbocycles. The molecular formula is C12H3F7N2. The van der Waals surface area contributed by atoms with E-state index in [1.807, 2.05) is 0 Å². The van der Waals surface area contributed by atoms with E-state index in [0.717, 1.165) is 0 Å². The Bertz CT molecular complexity index is 653. The summed E-state index contributed by atoms with van der Waals surface area (Å²) in [5.74, 6) is -1.83. The molecule has 9 heteroatoms. The van der Waals surface area contributed by atoms with Crippen molar-refractivity contribution < 1.29 is 30.7 Å². The molecule has 0 heterocycles. The normalized spacial score (nSPS) is 11.5. The summed E-state index contributed by atoms with van der Waals surface area (Å²) >= 11 is 0. The van der Waals surface area contributed by atoms with Crippen molar-refractivity contribution in [1.82, 2.24) is 0 Å². The van der Waals surface area contributed by atoms with E-state index < -0.39 is 40.4 Å². The summed E-state index contributed by atoms with van der Waals surface area (Å²) in [5, 5.41) is 16.9. The Balaban J connectivity index is 3.71. The van der Waals surface area contributed by atoms with Crippen molar-refractivity contribution in [2.24, 2.45) is 0 Å². The van der Waals surface area contributed by atoms with Gasteiger partial charge in [0.05, 0.1) is 11.1 Å². The maximum Gasteiger partial charge on any atom is 0.417 e. The molecule has 110 valence electrons. The summed E-state index contributed by atoms with van der Waals surface area (Å²) in [7, 11) is 0. The maximum atomic E-state index is 13.5. The van der Waals surface area contributed by atoms with Gasteiger partial charge in [-0.15, -0.1) is 0 Å². The highest BCUT2D eigenvalue weighted by molar-refractivity contribution is 5.65. The van der Waals surface area contributed by atoms with Crippen LogP contribution in [0.5, 0.6) is 0 Å². The van der Waals surface area contributed by atoms with E-state index in [9.17, 15) is 30.7 Å². The molecule has 0 aromatic heterocycles. The lowest BCUT2D eigenvalue weighted by Gasteiger charge is -2.15. The summed E-state index contributed by atoms with van der Waals surface area (Å²) in [4.78, 5) is 0. The largest absolute Gasteiger partial charge is 0.417 e. The molecule has 0 radical (unpaired) electrons. The molecule has 2 nitrogen and oxygen atoms in total. The number of benzene rings is 1.